The van der Waals surface area contributed by atoms with Gasteiger partial charge in [-0.15, -0.1) is 0 Å². The molecule has 0 aliphatic carbocycles. The van der Waals surface area contributed by atoms with E-state index in [9.17, 15) is 0 Å². The molecule has 0 unspecified atom stereocenters. The monoisotopic (exact) mass is 367 g/mol. The molecule has 2 aromatic rings. The molecule has 0 spiro atoms. The van der Waals surface area contributed by atoms with Crippen LogP contribution in [0.5, 0.6) is 11.5 Å². The second-order valence-electron chi connectivity index (χ2n) is 7.38. The smallest absolute Gasteiger partial charge is 0.161 e. The Kier molecular flexibility index (Phi) is 5.26. The van der Waals surface area contributed by atoms with E-state index in [0.29, 0.717) is 19.1 Å². The molecule has 1 N–H and O–H groups in total. The van der Waals surface area contributed by atoms with Crippen molar-refractivity contribution < 1.29 is 14.2 Å². The first-order valence-electron chi connectivity index (χ1n) is 10.1. The maximum Gasteiger partial charge on any atom is 0.161 e. The van der Waals surface area contributed by atoms with Gasteiger partial charge in [0, 0.05) is 23.8 Å². The zero-order chi connectivity index (χ0) is 18.8. The maximum atomic E-state index is 6.26. The highest BCUT2D eigenvalue weighted by molar-refractivity contribution is 5.59. The molecule has 0 saturated carbocycles. The quantitative estimate of drug-likeness (QED) is 0.765. The van der Waals surface area contributed by atoms with Crippen LogP contribution in [0, 0.1) is 12.8 Å². The topological polar surface area (TPSA) is 39.7 Å². The fourth-order valence-corrected chi connectivity index (χ4v) is 4.38. The summed E-state index contributed by atoms with van der Waals surface area (Å²) in [6.07, 6.45) is 2.42. The molecule has 2 aliphatic rings. The molecule has 0 bridgehead atoms. The highest BCUT2D eigenvalue weighted by Gasteiger charge is 2.40. The van der Waals surface area contributed by atoms with Gasteiger partial charge >= 0.3 is 0 Å². The Hall–Kier alpha value is -2.20. The number of hydrogen-bond donors (Lipinski definition) is 1. The minimum Gasteiger partial charge on any atom is -0.490 e. The third-order valence-corrected chi connectivity index (χ3v) is 5.55. The van der Waals surface area contributed by atoms with Crippen molar-refractivity contribution in [2.45, 2.75) is 45.8 Å². The van der Waals surface area contributed by atoms with Crippen LogP contribution < -0.4 is 14.8 Å². The van der Waals surface area contributed by atoms with Crippen molar-refractivity contribution in [3.8, 4) is 11.5 Å². The van der Waals surface area contributed by atoms with Crippen molar-refractivity contribution in [2.75, 3.05) is 25.1 Å². The van der Waals surface area contributed by atoms with Crippen LogP contribution in [0.1, 0.15) is 55.5 Å². The van der Waals surface area contributed by atoms with E-state index in [0.717, 1.165) is 30.9 Å². The lowest BCUT2D eigenvalue weighted by Gasteiger charge is -2.43. The number of anilines is 1. The van der Waals surface area contributed by atoms with Crippen molar-refractivity contribution in [3.05, 3.63) is 53.1 Å². The molecule has 0 amide bonds. The highest BCUT2D eigenvalue weighted by Crippen LogP contribution is 2.50. The first kappa shape index (κ1) is 18.2. The Morgan fingerprint density at radius 1 is 1.04 bits per heavy atom. The Morgan fingerprint density at radius 3 is 2.67 bits per heavy atom. The van der Waals surface area contributed by atoms with E-state index < -0.39 is 0 Å². The Bertz CT molecular complexity index is 804. The number of benzene rings is 2. The van der Waals surface area contributed by atoms with Crippen LogP contribution >= 0.6 is 0 Å². The number of ether oxygens (including phenoxy) is 3. The molecule has 2 aromatic carbocycles. The molecular weight excluding hydrogens is 338 g/mol. The van der Waals surface area contributed by atoms with Crippen LogP contribution in [0.2, 0.25) is 0 Å². The summed E-state index contributed by atoms with van der Waals surface area (Å²) < 4.78 is 17.9. The maximum absolute atomic E-state index is 6.26. The van der Waals surface area contributed by atoms with Gasteiger partial charge in [0.25, 0.3) is 0 Å². The Balaban J connectivity index is 1.72. The fourth-order valence-electron chi connectivity index (χ4n) is 4.38. The van der Waals surface area contributed by atoms with Gasteiger partial charge in [0.05, 0.1) is 25.4 Å². The summed E-state index contributed by atoms with van der Waals surface area (Å²) in [7, 11) is 0. The van der Waals surface area contributed by atoms with Crippen molar-refractivity contribution in [1.29, 1.82) is 0 Å². The lowest BCUT2D eigenvalue weighted by molar-refractivity contribution is -0.0381. The van der Waals surface area contributed by atoms with Gasteiger partial charge in [-0.05, 0) is 57.4 Å². The third kappa shape index (κ3) is 3.51. The largest absolute Gasteiger partial charge is 0.490 e. The van der Waals surface area contributed by atoms with Gasteiger partial charge in [-0.1, -0.05) is 23.8 Å². The second-order valence-corrected chi connectivity index (χ2v) is 7.38. The van der Waals surface area contributed by atoms with Gasteiger partial charge in [-0.25, -0.2) is 0 Å². The van der Waals surface area contributed by atoms with Crippen LogP contribution in [0.3, 0.4) is 0 Å². The van der Waals surface area contributed by atoms with Crippen molar-refractivity contribution in [3.63, 3.8) is 0 Å². The minimum absolute atomic E-state index is 0.155. The lowest BCUT2D eigenvalue weighted by Crippen LogP contribution is -2.36. The van der Waals surface area contributed by atoms with Gasteiger partial charge in [0.2, 0.25) is 0 Å². The molecule has 2 aliphatic heterocycles. The van der Waals surface area contributed by atoms with Gasteiger partial charge in [-0.3, -0.25) is 0 Å². The van der Waals surface area contributed by atoms with Gasteiger partial charge in [0.15, 0.2) is 11.5 Å². The SMILES string of the molecule is CCOc1ccc([C@H]2Nc3ccc(C)cc3[C@H]3OCCC[C@@H]23)cc1OCC. The summed E-state index contributed by atoms with van der Waals surface area (Å²) in [5.74, 6) is 2.05. The predicted molar refractivity (Wildman–Crippen MR) is 108 cm³/mol. The van der Waals surface area contributed by atoms with E-state index in [4.69, 9.17) is 14.2 Å². The van der Waals surface area contributed by atoms with Crippen molar-refractivity contribution in [1.82, 2.24) is 0 Å². The zero-order valence-electron chi connectivity index (χ0n) is 16.5. The standard InChI is InChI=1S/C23H29NO3/c1-4-25-20-11-9-16(14-21(20)26-5-2)22-17-7-6-12-27-23(17)18-13-15(3)8-10-19(18)24-22/h8-11,13-14,17,22-24H,4-7,12H2,1-3H3/t17-,22+,23-/m0/s1. The lowest BCUT2D eigenvalue weighted by atomic mass is 9.77. The minimum atomic E-state index is 0.155. The molecule has 0 radical (unpaired) electrons. The summed E-state index contributed by atoms with van der Waals surface area (Å²) in [5, 5.41) is 3.78. The molecule has 4 rings (SSSR count). The molecule has 4 nitrogen and oxygen atoms in total. The summed E-state index contributed by atoms with van der Waals surface area (Å²) in [6.45, 7) is 8.24. The molecule has 144 valence electrons. The molecule has 1 saturated heterocycles. The number of nitrogens with one attached hydrogen (secondary N) is 1. The summed E-state index contributed by atoms with van der Waals surface area (Å²) >= 11 is 0. The molecule has 3 atom stereocenters. The van der Waals surface area contributed by atoms with E-state index in [2.05, 4.69) is 42.6 Å². The second kappa shape index (κ2) is 7.81. The summed E-state index contributed by atoms with van der Waals surface area (Å²) in [5.41, 5.74) is 4.99. The highest BCUT2D eigenvalue weighted by atomic mass is 16.5. The number of fused-ring (bicyclic) bond motifs is 3. The normalized spacial score (nSPS) is 23.7. The van der Waals surface area contributed by atoms with E-state index in [1.807, 2.05) is 19.9 Å². The van der Waals surface area contributed by atoms with E-state index in [1.165, 1.54) is 22.4 Å². The summed E-state index contributed by atoms with van der Waals surface area (Å²) in [6, 6.07) is 13.2. The Morgan fingerprint density at radius 2 is 1.85 bits per heavy atom. The number of hydrogen-bond acceptors (Lipinski definition) is 4. The average molecular weight is 367 g/mol. The van der Waals surface area contributed by atoms with Gasteiger partial charge in [0.1, 0.15) is 0 Å². The van der Waals surface area contributed by atoms with Crippen LogP contribution in [-0.2, 0) is 4.74 Å². The molecular formula is C23H29NO3. The average Bonchev–Trinajstić information content (AvgIpc) is 2.69. The number of aryl methyl sites for hydroxylation is 1. The van der Waals surface area contributed by atoms with Crippen LogP contribution in [0.4, 0.5) is 5.69 Å². The van der Waals surface area contributed by atoms with Crippen molar-refractivity contribution >= 4 is 5.69 Å². The number of rotatable bonds is 5. The van der Waals surface area contributed by atoms with E-state index >= 15 is 0 Å². The van der Waals surface area contributed by atoms with Gasteiger partial charge in [-0.2, -0.15) is 0 Å². The van der Waals surface area contributed by atoms with E-state index in [1.54, 1.807) is 0 Å². The molecule has 4 heteroatoms. The van der Waals surface area contributed by atoms with Crippen LogP contribution in [0.15, 0.2) is 36.4 Å². The summed E-state index contributed by atoms with van der Waals surface area (Å²) in [4.78, 5) is 0. The predicted octanol–water partition coefficient (Wildman–Crippen LogP) is 5.43. The first-order chi connectivity index (χ1) is 13.2. The molecule has 2 heterocycles. The molecule has 1 fully saturated rings. The van der Waals surface area contributed by atoms with Crippen molar-refractivity contribution in [2.24, 2.45) is 5.92 Å². The van der Waals surface area contributed by atoms with E-state index in [-0.39, 0.29) is 12.1 Å². The molecule has 0 aromatic heterocycles. The van der Waals surface area contributed by atoms with Crippen LogP contribution in [0.25, 0.3) is 0 Å². The molecule has 27 heavy (non-hydrogen) atoms. The first-order valence-corrected chi connectivity index (χ1v) is 10.1. The Labute approximate surface area is 161 Å². The third-order valence-electron chi connectivity index (χ3n) is 5.55. The van der Waals surface area contributed by atoms with Gasteiger partial charge < -0.3 is 19.5 Å². The zero-order valence-corrected chi connectivity index (χ0v) is 16.5. The fraction of sp³-hybridized carbons (Fsp3) is 0.478. The van der Waals surface area contributed by atoms with Crippen LogP contribution in [-0.4, -0.2) is 19.8 Å².